The molecule has 3 aromatic rings. The number of halogens is 3. The molecule has 0 unspecified atom stereocenters. The van der Waals surface area contributed by atoms with Crippen LogP contribution in [0.5, 0.6) is 5.75 Å². The summed E-state index contributed by atoms with van der Waals surface area (Å²) in [5.74, 6) is 0.760. The summed E-state index contributed by atoms with van der Waals surface area (Å²) in [7, 11) is 0. The van der Waals surface area contributed by atoms with Gasteiger partial charge in [-0.05, 0) is 29.7 Å². The molecule has 3 rings (SSSR count). The molecule has 2 heterocycles. The van der Waals surface area contributed by atoms with Gasteiger partial charge in [-0.25, -0.2) is 4.98 Å². The second-order valence-electron chi connectivity index (χ2n) is 5.24. The Morgan fingerprint density at radius 2 is 1.96 bits per heavy atom. The van der Waals surface area contributed by atoms with Gasteiger partial charge in [0.2, 0.25) is 5.28 Å². The molecule has 25 heavy (non-hydrogen) atoms. The van der Waals surface area contributed by atoms with Crippen molar-refractivity contribution in [2.24, 2.45) is 5.73 Å². The topological polar surface area (TPSA) is 88.8 Å². The molecule has 0 atom stereocenters. The Morgan fingerprint density at radius 1 is 1.16 bits per heavy atom. The number of para-hydroxylation sites is 1. The summed E-state index contributed by atoms with van der Waals surface area (Å²) in [6.07, 6.45) is 0.679. The Labute approximate surface area is 159 Å². The third-order valence-electron chi connectivity index (χ3n) is 3.59. The zero-order chi connectivity index (χ0) is 17.8. The summed E-state index contributed by atoms with van der Waals surface area (Å²) in [4.78, 5) is 11.2. The fraction of sp³-hybridized carbons (Fsp3) is 0.250. The molecule has 0 aliphatic rings. The van der Waals surface area contributed by atoms with Crippen molar-refractivity contribution in [3.63, 3.8) is 0 Å². The van der Waals surface area contributed by atoms with Gasteiger partial charge in [-0.1, -0.05) is 41.4 Å². The van der Waals surface area contributed by atoms with Gasteiger partial charge in [0.15, 0.2) is 16.7 Å². The zero-order valence-electron chi connectivity index (χ0n) is 13.2. The van der Waals surface area contributed by atoms with E-state index in [2.05, 4.69) is 20.3 Å². The summed E-state index contributed by atoms with van der Waals surface area (Å²) in [5, 5.41) is 5.07. The maximum atomic E-state index is 6.31. The minimum Gasteiger partial charge on any atom is -0.486 e. The van der Waals surface area contributed by atoms with Crippen LogP contribution in [0, 0.1) is 0 Å². The van der Waals surface area contributed by atoms with Gasteiger partial charge in [0.05, 0.1) is 0 Å². The quantitative estimate of drug-likeness (QED) is 0.413. The minimum atomic E-state index is 0.0396. The summed E-state index contributed by atoms with van der Waals surface area (Å²) < 4.78 is 5.52. The van der Waals surface area contributed by atoms with E-state index in [9.17, 15) is 0 Å². The first-order chi connectivity index (χ1) is 12.1. The van der Waals surface area contributed by atoms with Crippen LogP contribution in [-0.2, 0) is 6.42 Å². The van der Waals surface area contributed by atoms with E-state index in [1.807, 2.05) is 24.3 Å². The number of fused-ring (bicyclic) bond motifs is 1. The highest BCUT2D eigenvalue weighted by molar-refractivity contribution is 6.33. The van der Waals surface area contributed by atoms with E-state index in [0.717, 1.165) is 16.5 Å². The van der Waals surface area contributed by atoms with Crippen LogP contribution < -0.4 is 15.8 Å². The molecule has 0 amide bonds. The molecule has 0 saturated heterocycles. The highest BCUT2D eigenvalue weighted by Gasteiger charge is 2.15. The van der Waals surface area contributed by atoms with Crippen LogP contribution in [0.4, 0.5) is 5.82 Å². The molecule has 0 bridgehead atoms. The smallest absolute Gasteiger partial charge is 0.226 e. The number of rotatable bonds is 7. The molecule has 0 aliphatic heterocycles. The van der Waals surface area contributed by atoms with Crippen LogP contribution in [-0.4, -0.2) is 34.6 Å². The largest absolute Gasteiger partial charge is 0.486 e. The molecule has 132 valence electrons. The maximum absolute atomic E-state index is 6.31. The number of ether oxygens (including phenoxy) is 1. The maximum Gasteiger partial charge on any atom is 0.226 e. The average molecular weight is 401 g/mol. The summed E-state index contributed by atoms with van der Waals surface area (Å²) in [6, 6.07) is 7.96. The number of nitrogens with one attached hydrogen (secondary N) is 2. The van der Waals surface area contributed by atoms with E-state index >= 15 is 0 Å². The summed E-state index contributed by atoms with van der Waals surface area (Å²) in [6.45, 7) is 1.21. The predicted octanol–water partition coefficient (Wildman–Crippen LogP) is 3.91. The van der Waals surface area contributed by atoms with Gasteiger partial charge in [0, 0.05) is 24.0 Å². The molecule has 4 N–H and O–H groups in total. The van der Waals surface area contributed by atoms with Gasteiger partial charge in [-0.2, -0.15) is 4.98 Å². The molecular weight excluding hydrogens is 385 g/mol. The predicted molar refractivity (Wildman–Crippen MR) is 102 cm³/mol. The summed E-state index contributed by atoms with van der Waals surface area (Å²) >= 11 is 18.3. The standard InChI is InChI=1S/C16H16Cl3N5O/c17-13-10(9-3-1-2-4-11(9)22-13)5-7-21-15-12(25-8-6-20)14(18)23-16(19)24-15/h1-4,22H,5-8,20H2,(H,21,23,24). The SMILES string of the molecule is NCCOc1c(Cl)nc(Cl)nc1NCCc1c(Cl)[nH]c2ccccc12. The van der Waals surface area contributed by atoms with Gasteiger partial charge in [-0.3, -0.25) is 0 Å². The van der Waals surface area contributed by atoms with Crippen molar-refractivity contribution in [3.05, 3.63) is 45.4 Å². The van der Waals surface area contributed by atoms with Crippen molar-refractivity contribution in [1.82, 2.24) is 15.0 Å². The Kier molecular flexibility index (Phi) is 5.86. The molecule has 0 saturated carbocycles. The number of aromatic amines is 1. The van der Waals surface area contributed by atoms with Gasteiger partial charge in [0.1, 0.15) is 11.8 Å². The molecule has 0 aliphatic carbocycles. The highest BCUT2D eigenvalue weighted by atomic mass is 35.5. The highest BCUT2D eigenvalue weighted by Crippen LogP contribution is 2.32. The van der Waals surface area contributed by atoms with E-state index in [1.165, 1.54) is 0 Å². The first-order valence-electron chi connectivity index (χ1n) is 7.65. The molecule has 0 spiro atoms. The van der Waals surface area contributed by atoms with E-state index in [-0.39, 0.29) is 10.4 Å². The van der Waals surface area contributed by atoms with E-state index in [1.54, 1.807) is 0 Å². The number of aromatic nitrogens is 3. The van der Waals surface area contributed by atoms with Crippen LogP contribution in [0.3, 0.4) is 0 Å². The van der Waals surface area contributed by atoms with Crippen LogP contribution in [0.2, 0.25) is 15.6 Å². The third-order valence-corrected chi connectivity index (χ3v) is 4.34. The van der Waals surface area contributed by atoms with Crippen LogP contribution in [0.25, 0.3) is 10.9 Å². The lowest BCUT2D eigenvalue weighted by atomic mass is 10.1. The number of H-pyrrole nitrogens is 1. The van der Waals surface area contributed by atoms with Crippen LogP contribution in [0.15, 0.2) is 24.3 Å². The minimum absolute atomic E-state index is 0.0396. The number of anilines is 1. The van der Waals surface area contributed by atoms with Crippen molar-refractivity contribution >= 4 is 51.5 Å². The average Bonchev–Trinajstić information content (AvgIpc) is 2.90. The fourth-order valence-corrected chi connectivity index (χ4v) is 3.26. The molecule has 0 radical (unpaired) electrons. The number of hydrogen-bond acceptors (Lipinski definition) is 5. The second-order valence-corrected chi connectivity index (χ2v) is 6.31. The third kappa shape index (κ3) is 4.10. The Balaban J connectivity index is 1.76. The normalized spacial score (nSPS) is 11.0. The van der Waals surface area contributed by atoms with E-state index in [0.29, 0.717) is 42.8 Å². The molecule has 0 fully saturated rings. The van der Waals surface area contributed by atoms with Gasteiger partial charge < -0.3 is 20.8 Å². The van der Waals surface area contributed by atoms with Gasteiger partial charge in [-0.15, -0.1) is 0 Å². The van der Waals surface area contributed by atoms with Crippen molar-refractivity contribution in [2.45, 2.75) is 6.42 Å². The van der Waals surface area contributed by atoms with Crippen molar-refractivity contribution in [3.8, 4) is 5.75 Å². The Bertz CT molecular complexity index is 884. The van der Waals surface area contributed by atoms with E-state index in [4.69, 9.17) is 45.3 Å². The molecular formula is C16H16Cl3N5O. The van der Waals surface area contributed by atoms with Crippen molar-refractivity contribution in [2.75, 3.05) is 25.0 Å². The fourth-order valence-electron chi connectivity index (χ4n) is 2.52. The first-order valence-corrected chi connectivity index (χ1v) is 8.78. The molecule has 6 nitrogen and oxygen atoms in total. The second kappa shape index (κ2) is 8.10. The first kappa shape index (κ1) is 18.1. The molecule has 1 aromatic carbocycles. The van der Waals surface area contributed by atoms with Gasteiger partial charge in [0.25, 0.3) is 0 Å². The number of hydrogen-bond donors (Lipinski definition) is 3. The summed E-state index contributed by atoms with van der Waals surface area (Å²) in [5.41, 5.74) is 7.50. The van der Waals surface area contributed by atoms with Gasteiger partial charge >= 0.3 is 0 Å². The lowest BCUT2D eigenvalue weighted by Gasteiger charge is -2.13. The zero-order valence-corrected chi connectivity index (χ0v) is 15.4. The molecule has 9 heteroatoms. The Morgan fingerprint density at radius 3 is 2.76 bits per heavy atom. The number of nitrogens with two attached hydrogens (primary N) is 1. The van der Waals surface area contributed by atoms with Crippen molar-refractivity contribution < 1.29 is 4.74 Å². The lowest BCUT2D eigenvalue weighted by Crippen LogP contribution is -2.14. The van der Waals surface area contributed by atoms with Crippen LogP contribution in [0.1, 0.15) is 5.56 Å². The molecule has 2 aromatic heterocycles. The van der Waals surface area contributed by atoms with E-state index < -0.39 is 0 Å². The monoisotopic (exact) mass is 399 g/mol. The number of benzene rings is 1. The van der Waals surface area contributed by atoms with Crippen molar-refractivity contribution in [1.29, 1.82) is 0 Å². The van der Waals surface area contributed by atoms with Crippen LogP contribution >= 0.6 is 34.8 Å². The Hall–Kier alpha value is -1.73. The number of nitrogens with zero attached hydrogens (tertiary/aromatic N) is 2. The lowest BCUT2D eigenvalue weighted by molar-refractivity contribution is 0.327.